The first-order chi connectivity index (χ1) is 14.2. The Bertz CT molecular complexity index is 1100. The lowest BCUT2D eigenvalue weighted by Gasteiger charge is -2.41. The number of benzene rings is 2. The molecule has 3 heteroatoms. The van der Waals surface area contributed by atoms with E-state index < -0.39 is 0 Å². The Hall–Kier alpha value is -2.94. The van der Waals surface area contributed by atoms with Crippen molar-refractivity contribution in [3.05, 3.63) is 82.7 Å². The van der Waals surface area contributed by atoms with E-state index in [2.05, 4.69) is 79.2 Å². The molecule has 154 valence electrons. The highest BCUT2D eigenvalue weighted by atomic mass is 16.1. The smallest absolute Gasteiger partial charge is 0.160 e. The Kier molecular flexibility index (Phi) is 5.23. The zero-order chi connectivity index (χ0) is 21.5. The van der Waals surface area contributed by atoms with Crippen molar-refractivity contribution in [3.8, 4) is 11.1 Å². The van der Waals surface area contributed by atoms with Crippen LogP contribution >= 0.6 is 0 Å². The van der Waals surface area contributed by atoms with Crippen molar-refractivity contribution < 1.29 is 4.79 Å². The van der Waals surface area contributed by atoms with E-state index in [1.54, 1.807) is 6.92 Å². The van der Waals surface area contributed by atoms with Gasteiger partial charge in [-0.1, -0.05) is 43.7 Å². The normalized spacial score (nSPS) is 15.0. The number of carbonyl (C=O) groups is 1. The molecule has 30 heavy (non-hydrogen) atoms. The van der Waals surface area contributed by atoms with Gasteiger partial charge >= 0.3 is 0 Å². The molecule has 0 amide bonds. The van der Waals surface area contributed by atoms with Crippen LogP contribution in [0.1, 0.15) is 59.9 Å². The third-order valence-corrected chi connectivity index (χ3v) is 6.29. The fourth-order valence-electron chi connectivity index (χ4n) is 4.41. The molecule has 3 aromatic rings. The van der Waals surface area contributed by atoms with E-state index in [0.29, 0.717) is 0 Å². The molecular formula is C27H30N2O. The molecule has 0 saturated carbocycles. The topological polar surface area (TPSA) is 33.2 Å². The monoisotopic (exact) mass is 398 g/mol. The Morgan fingerprint density at radius 2 is 1.80 bits per heavy atom. The Balaban J connectivity index is 1.85. The Morgan fingerprint density at radius 1 is 1.07 bits per heavy atom. The van der Waals surface area contributed by atoms with Crippen LogP contribution in [0.25, 0.3) is 11.1 Å². The van der Waals surface area contributed by atoms with Crippen molar-refractivity contribution in [2.24, 2.45) is 0 Å². The number of rotatable bonds is 4. The lowest BCUT2D eigenvalue weighted by Crippen LogP contribution is -2.37. The minimum atomic E-state index is 0.0642. The maximum Gasteiger partial charge on any atom is 0.160 e. The second kappa shape index (κ2) is 7.71. The van der Waals surface area contributed by atoms with E-state index in [-0.39, 0.29) is 11.2 Å². The third-order valence-electron chi connectivity index (χ3n) is 6.29. The van der Waals surface area contributed by atoms with Crippen LogP contribution in [0, 0.1) is 13.8 Å². The Labute approximate surface area is 179 Å². The van der Waals surface area contributed by atoms with Gasteiger partial charge in [-0.2, -0.15) is 0 Å². The Morgan fingerprint density at radius 3 is 2.47 bits per heavy atom. The van der Waals surface area contributed by atoms with E-state index in [4.69, 9.17) is 0 Å². The van der Waals surface area contributed by atoms with E-state index in [9.17, 15) is 4.79 Å². The molecule has 0 radical (unpaired) electrons. The van der Waals surface area contributed by atoms with Gasteiger partial charge < -0.3 is 4.90 Å². The number of pyridine rings is 1. The molecule has 1 aliphatic rings. The molecule has 0 saturated heterocycles. The minimum Gasteiger partial charge on any atom is -0.367 e. The first-order valence-corrected chi connectivity index (χ1v) is 10.7. The number of fused-ring (bicyclic) bond motifs is 1. The molecule has 0 bridgehead atoms. The number of nitrogens with zero attached hydrogens (tertiary/aromatic N) is 2. The molecule has 4 rings (SSSR count). The number of aromatic nitrogens is 1. The van der Waals surface area contributed by atoms with E-state index in [0.717, 1.165) is 41.9 Å². The largest absolute Gasteiger partial charge is 0.367 e. The number of aryl methyl sites for hydroxylation is 2. The predicted molar refractivity (Wildman–Crippen MR) is 124 cm³/mol. The van der Waals surface area contributed by atoms with Crippen molar-refractivity contribution in [1.29, 1.82) is 0 Å². The van der Waals surface area contributed by atoms with Crippen LogP contribution in [0.4, 0.5) is 5.69 Å². The molecule has 2 heterocycles. The summed E-state index contributed by atoms with van der Waals surface area (Å²) in [6.07, 6.45) is 2.96. The molecule has 0 N–H and O–H groups in total. The highest BCUT2D eigenvalue weighted by Gasteiger charge is 2.33. The van der Waals surface area contributed by atoms with Gasteiger partial charge in [-0.15, -0.1) is 0 Å². The summed E-state index contributed by atoms with van der Waals surface area (Å²) in [5.41, 5.74) is 9.01. The molecule has 0 atom stereocenters. The SMILES string of the molecule is CC(=O)c1cc2c(cc1-c1ccc(C)cc1)C(C)(C)CCN2Cc1ccnc(C)c1. The first-order valence-electron chi connectivity index (χ1n) is 10.7. The molecule has 2 aromatic carbocycles. The van der Waals surface area contributed by atoms with Gasteiger partial charge in [0, 0.05) is 36.2 Å². The molecule has 0 spiro atoms. The summed E-state index contributed by atoms with van der Waals surface area (Å²) in [6.45, 7) is 12.2. The summed E-state index contributed by atoms with van der Waals surface area (Å²) < 4.78 is 0. The second-order valence-corrected chi connectivity index (χ2v) is 9.20. The van der Waals surface area contributed by atoms with Crippen LogP contribution in [0.2, 0.25) is 0 Å². The minimum absolute atomic E-state index is 0.0642. The van der Waals surface area contributed by atoms with Gasteiger partial charge in [-0.05, 0) is 79.1 Å². The van der Waals surface area contributed by atoms with Crippen molar-refractivity contribution in [2.75, 3.05) is 11.4 Å². The summed E-state index contributed by atoms with van der Waals surface area (Å²) in [4.78, 5) is 19.4. The molecule has 0 unspecified atom stereocenters. The number of carbonyl (C=O) groups excluding carboxylic acids is 1. The number of hydrogen-bond acceptors (Lipinski definition) is 3. The van der Waals surface area contributed by atoms with Gasteiger partial charge in [-0.3, -0.25) is 9.78 Å². The van der Waals surface area contributed by atoms with Crippen molar-refractivity contribution in [1.82, 2.24) is 4.98 Å². The number of ketones is 1. The zero-order valence-electron chi connectivity index (χ0n) is 18.6. The molecule has 3 nitrogen and oxygen atoms in total. The average Bonchev–Trinajstić information content (AvgIpc) is 2.70. The predicted octanol–water partition coefficient (Wildman–Crippen LogP) is 6.26. The maximum absolute atomic E-state index is 12.6. The quantitative estimate of drug-likeness (QED) is 0.487. The van der Waals surface area contributed by atoms with Crippen LogP contribution in [0.15, 0.2) is 54.7 Å². The van der Waals surface area contributed by atoms with Gasteiger partial charge in [0.25, 0.3) is 0 Å². The van der Waals surface area contributed by atoms with Crippen LogP contribution in [0.3, 0.4) is 0 Å². The van der Waals surface area contributed by atoms with Crippen LogP contribution in [-0.4, -0.2) is 17.3 Å². The number of Topliss-reactive ketones (excluding diaryl/α,β-unsaturated/α-hetero) is 1. The molecule has 1 aromatic heterocycles. The van der Waals surface area contributed by atoms with Gasteiger partial charge in [0.15, 0.2) is 5.78 Å². The highest BCUT2D eigenvalue weighted by molar-refractivity contribution is 6.02. The van der Waals surface area contributed by atoms with Gasteiger partial charge in [0.2, 0.25) is 0 Å². The van der Waals surface area contributed by atoms with Gasteiger partial charge in [0.1, 0.15) is 0 Å². The zero-order valence-corrected chi connectivity index (χ0v) is 18.6. The fraction of sp³-hybridized carbons (Fsp3) is 0.333. The number of anilines is 1. The molecule has 0 fully saturated rings. The van der Waals surface area contributed by atoms with Gasteiger partial charge in [0.05, 0.1) is 0 Å². The van der Waals surface area contributed by atoms with E-state index in [1.807, 2.05) is 13.1 Å². The summed E-state index contributed by atoms with van der Waals surface area (Å²) >= 11 is 0. The summed E-state index contributed by atoms with van der Waals surface area (Å²) in [6, 6.07) is 17.1. The van der Waals surface area contributed by atoms with Crippen LogP contribution < -0.4 is 4.90 Å². The third kappa shape index (κ3) is 3.89. The van der Waals surface area contributed by atoms with E-state index >= 15 is 0 Å². The summed E-state index contributed by atoms with van der Waals surface area (Å²) in [5, 5.41) is 0. The highest BCUT2D eigenvalue weighted by Crippen LogP contribution is 2.43. The standard InChI is InChI=1S/C27H30N2O/c1-18-6-8-22(9-7-18)24-15-25-26(16-23(24)20(3)30)29(13-11-27(25,4)5)17-21-10-12-28-19(2)14-21/h6-10,12,14-16H,11,13,17H2,1-5H3. The van der Waals surface area contributed by atoms with Crippen molar-refractivity contribution in [2.45, 2.75) is 53.0 Å². The summed E-state index contributed by atoms with van der Waals surface area (Å²) in [7, 11) is 0. The molecule has 1 aliphatic heterocycles. The average molecular weight is 399 g/mol. The lowest BCUT2D eigenvalue weighted by atomic mass is 9.75. The summed E-state index contributed by atoms with van der Waals surface area (Å²) in [5.74, 6) is 0.108. The fourth-order valence-corrected chi connectivity index (χ4v) is 4.41. The lowest BCUT2D eigenvalue weighted by molar-refractivity contribution is 0.101. The van der Waals surface area contributed by atoms with E-state index in [1.165, 1.54) is 22.4 Å². The van der Waals surface area contributed by atoms with Crippen LogP contribution in [0.5, 0.6) is 0 Å². The van der Waals surface area contributed by atoms with Crippen molar-refractivity contribution >= 4 is 11.5 Å². The molecule has 0 aliphatic carbocycles. The van der Waals surface area contributed by atoms with Crippen LogP contribution in [-0.2, 0) is 12.0 Å². The first kappa shape index (κ1) is 20.3. The molecular weight excluding hydrogens is 368 g/mol. The second-order valence-electron chi connectivity index (χ2n) is 9.20. The maximum atomic E-state index is 12.6. The van der Waals surface area contributed by atoms with Crippen molar-refractivity contribution in [3.63, 3.8) is 0 Å². The number of hydrogen-bond donors (Lipinski definition) is 0. The van der Waals surface area contributed by atoms with Gasteiger partial charge in [-0.25, -0.2) is 0 Å².